The summed E-state index contributed by atoms with van der Waals surface area (Å²) < 4.78 is 5.60. The van der Waals surface area contributed by atoms with Crippen LogP contribution >= 0.6 is 11.8 Å². The molecule has 4 rings (SSSR count). The van der Waals surface area contributed by atoms with Crippen molar-refractivity contribution in [3.63, 3.8) is 0 Å². The van der Waals surface area contributed by atoms with E-state index in [0.717, 1.165) is 17.9 Å². The third-order valence-electron chi connectivity index (χ3n) is 4.84. The number of carbonyl (C=O) groups excluding carboxylic acids is 1. The SMILES string of the molecule is O=C(CSc1nnc(-c2ccccc2)o1)N[C@H]1C[C@H]2CC[C@@H]1C2. The molecule has 1 heterocycles. The molecule has 3 atom stereocenters. The highest BCUT2D eigenvalue weighted by Gasteiger charge is 2.40. The first-order valence-electron chi connectivity index (χ1n) is 8.09. The molecule has 0 unspecified atom stereocenters. The first-order chi connectivity index (χ1) is 11.3. The zero-order valence-corrected chi connectivity index (χ0v) is 13.6. The molecule has 0 aliphatic heterocycles. The van der Waals surface area contributed by atoms with Crippen LogP contribution in [0.2, 0.25) is 0 Å². The molecule has 2 saturated carbocycles. The Balaban J connectivity index is 1.29. The molecule has 2 aliphatic rings. The molecule has 6 heteroatoms. The smallest absolute Gasteiger partial charge is 0.277 e. The number of hydrogen-bond acceptors (Lipinski definition) is 5. The summed E-state index contributed by atoms with van der Waals surface area (Å²) in [5.41, 5.74) is 0.887. The second kappa shape index (κ2) is 6.35. The van der Waals surface area contributed by atoms with E-state index in [1.54, 1.807) is 0 Å². The van der Waals surface area contributed by atoms with Gasteiger partial charge in [0.25, 0.3) is 5.22 Å². The molecule has 0 spiro atoms. The summed E-state index contributed by atoms with van der Waals surface area (Å²) in [5, 5.41) is 11.6. The lowest BCUT2D eigenvalue weighted by Crippen LogP contribution is -2.39. The topological polar surface area (TPSA) is 68.0 Å². The minimum atomic E-state index is 0.0620. The fourth-order valence-electron chi connectivity index (χ4n) is 3.76. The fraction of sp³-hybridized carbons (Fsp3) is 0.471. The second-order valence-electron chi connectivity index (χ2n) is 6.38. The lowest BCUT2D eigenvalue weighted by molar-refractivity contribution is -0.119. The quantitative estimate of drug-likeness (QED) is 0.854. The van der Waals surface area contributed by atoms with E-state index in [1.165, 1.54) is 31.0 Å². The van der Waals surface area contributed by atoms with Crippen molar-refractivity contribution in [1.82, 2.24) is 15.5 Å². The largest absolute Gasteiger partial charge is 0.411 e. The third kappa shape index (κ3) is 3.27. The lowest BCUT2D eigenvalue weighted by atomic mass is 9.95. The Labute approximate surface area is 139 Å². The van der Waals surface area contributed by atoms with Crippen molar-refractivity contribution in [1.29, 1.82) is 0 Å². The molecular weight excluding hydrogens is 310 g/mol. The van der Waals surface area contributed by atoms with Crippen LogP contribution in [-0.4, -0.2) is 27.9 Å². The molecule has 23 heavy (non-hydrogen) atoms. The summed E-state index contributed by atoms with van der Waals surface area (Å²) >= 11 is 1.30. The maximum Gasteiger partial charge on any atom is 0.277 e. The Morgan fingerprint density at radius 1 is 1.22 bits per heavy atom. The predicted molar refractivity (Wildman–Crippen MR) is 87.8 cm³/mol. The highest BCUT2D eigenvalue weighted by Crippen LogP contribution is 2.44. The van der Waals surface area contributed by atoms with Gasteiger partial charge in [-0.1, -0.05) is 36.4 Å². The van der Waals surface area contributed by atoms with E-state index < -0.39 is 0 Å². The van der Waals surface area contributed by atoms with Gasteiger partial charge in [-0.15, -0.1) is 10.2 Å². The number of aromatic nitrogens is 2. The van der Waals surface area contributed by atoms with Gasteiger partial charge in [-0.05, 0) is 43.2 Å². The average Bonchev–Trinajstić information content (AvgIpc) is 3.30. The van der Waals surface area contributed by atoms with E-state index in [9.17, 15) is 4.79 Å². The molecule has 2 aliphatic carbocycles. The fourth-order valence-corrected chi connectivity index (χ4v) is 4.34. The summed E-state index contributed by atoms with van der Waals surface area (Å²) in [7, 11) is 0. The highest BCUT2D eigenvalue weighted by molar-refractivity contribution is 7.99. The molecule has 5 nitrogen and oxygen atoms in total. The molecule has 1 N–H and O–H groups in total. The maximum absolute atomic E-state index is 12.1. The molecule has 1 aromatic carbocycles. The van der Waals surface area contributed by atoms with Crippen molar-refractivity contribution < 1.29 is 9.21 Å². The highest BCUT2D eigenvalue weighted by atomic mass is 32.2. The number of amides is 1. The minimum Gasteiger partial charge on any atom is -0.411 e. The summed E-state index contributed by atoms with van der Waals surface area (Å²) in [5.74, 6) is 2.41. The zero-order chi connectivity index (χ0) is 15.6. The summed E-state index contributed by atoms with van der Waals surface area (Å²) in [6.45, 7) is 0. The first kappa shape index (κ1) is 14.8. The van der Waals surface area contributed by atoms with Crippen LogP contribution in [0.5, 0.6) is 0 Å². The number of nitrogens with one attached hydrogen (secondary N) is 1. The minimum absolute atomic E-state index is 0.0620. The van der Waals surface area contributed by atoms with E-state index in [0.29, 0.717) is 28.8 Å². The Bertz CT molecular complexity index is 688. The van der Waals surface area contributed by atoms with Gasteiger partial charge in [0.2, 0.25) is 11.8 Å². The van der Waals surface area contributed by atoms with Crippen molar-refractivity contribution in [3.05, 3.63) is 30.3 Å². The molecule has 1 amide bonds. The van der Waals surface area contributed by atoms with Crippen LogP contribution < -0.4 is 5.32 Å². The zero-order valence-electron chi connectivity index (χ0n) is 12.8. The normalized spacial score (nSPS) is 25.7. The Morgan fingerprint density at radius 2 is 2.09 bits per heavy atom. The second-order valence-corrected chi connectivity index (χ2v) is 7.30. The maximum atomic E-state index is 12.1. The van der Waals surface area contributed by atoms with Crippen LogP contribution in [0.1, 0.15) is 25.7 Å². The van der Waals surface area contributed by atoms with E-state index in [2.05, 4.69) is 15.5 Å². The Kier molecular flexibility index (Phi) is 4.08. The summed E-state index contributed by atoms with van der Waals surface area (Å²) in [4.78, 5) is 12.1. The molecule has 2 bridgehead atoms. The van der Waals surface area contributed by atoms with Gasteiger partial charge in [-0.3, -0.25) is 4.79 Å². The van der Waals surface area contributed by atoms with Crippen molar-refractivity contribution >= 4 is 17.7 Å². The van der Waals surface area contributed by atoms with Gasteiger partial charge in [0, 0.05) is 11.6 Å². The molecule has 0 saturated heterocycles. The summed E-state index contributed by atoms with van der Waals surface area (Å²) in [6.07, 6.45) is 5.06. The van der Waals surface area contributed by atoms with Crippen LogP contribution in [0.25, 0.3) is 11.5 Å². The van der Waals surface area contributed by atoms with Gasteiger partial charge in [-0.2, -0.15) is 0 Å². The van der Waals surface area contributed by atoms with Crippen LogP contribution in [0, 0.1) is 11.8 Å². The molecule has 2 fully saturated rings. The van der Waals surface area contributed by atoms with Crippen LogP contribution in [0.3, 0.4) is 0 Å². The molecular formula is C17H19N3O2S. The number of nitrogens with zero attached hydrogens (tertiary/aromatic N) is 2. The van der Waals surface area contributed by atoms with Gasteiger partial charge in [0.15, 0.2) is 0 Å². The van der Waals surface area contributed by atoms with Gasteiger partial charge < -0.3 is 9.73 Å². The number of hydrogen-bond donors (Lipinski definition) is 1. The standard InChI is InChI=1S/C17H19N3O2S/c21-15(18-14-9-11-6-7-13(14)8-11)10-23-17-20-19-16(22-17)12-4-2-1-3-5-12/h1-5,11,13-14H,6-10H2,(H,18,21)/t11-,13+,14-/m0/s1. The van der Waals surface area contributed by atoms with Gasteiger partial charge in [0.05, 0.1) is 5.75 Å². The number of benzene rings is 1. The number of carbonyl (C=O) groups is 1. The van der Waals surface area contributed by atoms with Crippen molar-refractivity contribution in [2.24, 2.45) is 11.8 Å². The molecule has 2 aromatic rings. The van der Waals surface area contributed by atoms with Crippen LogP contribution in [0.15, 0.2) is 40.0 Å². The van der Waals surface area contributed by atoms with E-state index in [4.69, 9.17) is 4.42 Å². The van der Waals surface area contributed by atoms with Crippen molar-refractivity contribution in [2.75, 3.05) is 5.75 Å². The Morgan fingerprint density at radius 3 is 2.83 bits per heavy atom. The van der Waals surface area contributed by atoms with Gasteiger partial charge in [-0.25, -0.2) is 0 Å². The van der Waals surface area contributed by atoms with Crippen molar-refractivity contribution in [3.8, 4) is 11.5 Å². The van der Waals surface area contributed by atoms with E-state index in [-0.39, 0.29) is 5.91 Å². The van der Waals surface area contributed by atoms with E-state index >= 15 is 0 Å². The van der Waals surface area contributed by atoms with Crippen molar-refractivity contribution in [2.45, 2.75) is 36.9 Å². The monoisotopic (exact) mass is 329 g/mol. The first-order valence-corrected chi connectivity index (χ1v) is 9.07. The number of thioether (sulfide) groups is 1. The van der Waals surface area contributed by atoms with Gasteiger partial charge in [0.1, 0.15) is 0 Å². The number of fused-ring (bicyclic) bond motifs is 2. The lowest BCUT2D eigenvalue weighted by Gasteiger charge is -2.22. The average molecular weight is 329 g/mol. The van der Waals surface area contributed by atoms with Crippen LogP contribution in [-0.2, 0) is 4.79 Å². The molecule has 120 valence electrons. The number of rotatable bonds is 5. The van der Waals surface area contributed by atoms with Gasteiger partial charge >= 0.3 is 0 Å². The summed E-state index contributed by atoms with van der Waals surface area (Å²) in [6, 6.07) is 10.0. The predicted octanol–water partition coefficient (Wildman–Crippen LogP) is 3.13. The van der Waals surface area contributed by atoms with Crippen LogP contribution in [0.4, 0.5) is 0 Å². The molecule has 1 aromatic heterocycles. The third-order valence-corrected chi connectivity index (χ3v) is 5.66. The Hall–Kier alpha value is -1.82. The van der Waals surface area contributed by atoms with E-state index in [1.807, 2.05) is 30.3 Å². The molecule has 0 radical (unpaired) electrons.